The minimum atomic E-state index is 0.670. The zero-order valence-electron chi connectivity index (χ0n) is 12.9. The van der Waals surface area contributed by atoms with Crippen molar-refractivity contribution in [3.05, 3.63) is 52.5 Å². The highest BCUT2D eigenvalue weighted by Crippen LogP contribution is 2.26. The fourth-order valence-corrected chi connectivity index (χ4v) is 2.38. The molecule has 3 nitrogen and oxygen atoms in total. The van der Waals surface area contributed by atoms with Gasteiger partial charge in [-0.15, -0.1) is 0 Å². The summed E-state index contributed by atoms with van der Waals surface area (Å²) in [5.74, 6) is 1.72. The summed E-state index contributed by atoms with van der Waals surface area (Å²) < 4.78 is 12.0. The SMILES string of the molecule is CCCOc1ccc(C=Nc2ccc(OCC)cc2)cc1Br. The van der Waals surface area contributed by atoms with Crippen LogP contribution in [0.2, 0.25) is 0 Å². The molecule has 0 heterocycles. The van der Waals surface area contributed by atoms with Gasteiger partial charge in [-0.05, 0) is 77.3 Å². The Bertz CT molecular complexity index is 623. The fraction of sp³-hybridized carbons (Fsp3) is 0.278. The van der Waals surface area contributed by atoms with Crippen molar-refractivity contribution in [1.82, 2.24) is 0 Å². The molecule has 0 atom stereocenters. The number of rotatable bonds is 7. The Balaban J connectivity index is 2.04. The summed E-state index contributed by atoms with van der Waals surface area (Å²) in [6.45, 7) is 5.45. The summed E-state index contributed by atoms with van der Waals surface area (Å²) in [5.41, 5.74) is 1.91. The molecular weight excluding hydrogens is 342 g/mol. The molecule has 4 heteroatoms. The zero-order chi connectivity index (χ0) is 15.8. The highest BCUT2D eigenvalue weighted by Gasteiger charge is 2.01. The van der Waals surface area contributed by atoms with Crippen LogP contribution < -0.4 is 9.47 Å². The third-order valence-corrected chi connectivity index (χ3v) is 3.55. The average molecular weight is 362 g/mol. The highest BCUT2D eigenvalue weighted by atomic mass is 79.9. The summed E-state index contributed by atoms with van der Waals surface area (Å²) in [6, 6.07) is 13.7. The second-order valence-electron chi connectivity index (χ2n) is 4.72. The molecule has 0 unspecified atom stereocenters. The topological polar surface area (TPSA) is 30.8 Å². The van der Waals surface area contributed by atoms with Crippen molar-refractivity contribution >= 4 is 27.8 Å². The summed E-state index contributed by atoms with van der Waals surface area (Å²) in [4.78, 5) is 4.47. The maximum atomic E-state index is 5.63. The number of aliphatic imine (C=N–C) groups is 1. The van der Waals surface area contributed by atoms with Gasteiger partial charge in [-0.1, -0.05) is 6.92 Å². The second-order valence-corrected chi connectivity index (χ2v) is 5.58. The number of benzene rings is 2. The van der Waals surface area contributed by atoms with Gasteiger partial charge >= 0.3 is 0 Å². The first-order chi connectivity index (χ1) is 10.7. The number of halogens is 1. The maximum Gasteiger partial charge on any atom is 0.133 e. The lowest BCUT2D eigenvalue weighted by molar-refractivity contribution is 0.315. The van der Waals surface area contributed by atoms with Crippen LogP contribution >= 0.6 is 15.9 Å². The third kappa shape index (κ3) is 4.88. The highest BCUT2D eigenvalue weighted by molar-refractivity contribution is 9.10. The van der Waals surface area contributed by atoms with Crippen molar-refractivity contribution in [2.45, 2.75) is 20.3 Å². The smallest absolute Gasteiger partial charge is 0.133 e. The predicted octanol–water partition coefficient (Wildman–Crippen LogP) is 5.39. The zero-order valence-corrected chi connectivity index (χ0v) is 14.5. The summed E-state index contributed by atoms with van der Waals surface area (Å²) in [5, 5.41) is 0. The molecule has 0 aliphatic heterocycles. The van der Waals surface area contributed by atoms with Crippen molar-refractivity contribution in [3.63, 3.8) is 0 Å². The molecule has 0 saturated heterocycles. The van der Waals surface area contributed by atoms with E-state index in [2.05, 4.69) is 27.8 Å². The molecule has 0 bridgehead atoms. The Hall–Kier alpha value is -1.81. The normalized spacial score (nSPS) is 10.9. The van der Waals surface area contributed by atoms with Gasteiger partial charge in [0.2, 0.25) is 0 Å². The van der Waals surface area contributed by atoms with E-state index in [1.165, 1.54) is 0 Å². The molecule has 0 aromatic heterocycles. The second kappa shape index (κ2) is 8.59. The molecule has 0 saturated carbocycles. The van der Waals surface area contributed by atoms with Crippen LogP contribution in [0.25, 0.3) is 0 Å². The lowest BCUT2D eigenvalue weighted by atomic mass is 10.2. The predicted molar refractivity (Wildman–Crippen MR) is 94.8 cm³/mol. The minimum absolute atomic E-state index is 0.670. The molecule has 2 aromatic rings. The van der Waals surface area contributed by atoms with E-state index in [0.29, 0.717) is 6.61 Å². The van der Waals surface area contributed by atoms with Gasteiger partial charge in [-0.25, -0.2) is 0 Å². The summed E-state index contributed by atoms with van der Waals surface area (Å²) in [6.07, 6.45) is 2.83. The molecule has 22 heavy (non-hydrogen) atoms. The van der Waals surface area contributed by atoms with Crippen molar-refractivity contribution in [2.75, 3.05) is 13.2 Å². The van der Waals surface area contributed by atoms with Gasteiger partial charge in [0.1, 0.15) is 11.5 Å². The van der Waals surface area contributed by atoms with E-state index >= 15 is 0 Å². The number of nitrogens with zero attached hydrogens (tertiary/aromatic N) is 1. The first-order valence-electron chi connectivity index (χ1n) is 7.42. The molecule has 0 fully saturated rings. The summed E-state index contributed by atoms with van der Waals surface area (Å²) >= 11 is 3.53. The molecule has 0 aliphatic carbocycles. The molecule has 2 rings (SSSR count). The van der Waals surface area contributed by atoms with E-state index in [-0.39, 0.29) is 0 Å². The van der Waals surface area contributed by atoms with Gasteiger partial charge in [0.05, 0.1) is 23.4 Å². The van der Waals surface area contributed by atoms with E-state index in [4.69, 9.17) is 9.47 Å². The summed E-state index contributed by atoms with van der Waals surface area (Å²) in [7, 11) is 0. The van der Waals surface area contributed by atoms with Crippen molar-refractivity contribution in [3.8, 4) is 11.5 Å². The Kier molecular flexibility index (Phi) is 6.46. The first-order valence-corrected chi connectivity index (χ1v) is 8.21. The van der Waals surface area contributed by atoms with Gasteiger partial charge in [0, 0.05) is 6.21 Å². The van der Waals surface area contributed by atoms with Crippen LogP contribution in [0.5, 0.6) is 11.5 Å². The Morgan fingerprint density at radius 2 is 1.82 bits per heavy atom. The van der Waals surface area contributed by atoms with Gasteiger partial charge in [0.15, 0.2) is 0 Å². The molecule has 0 radical (unpaired) electrons. The van der Waals surface area contributed by atoms with Crippen molar-refractivity contribution < 1.29 is 9.47 Å². The van der Waals surface area contributed by atoms with Crippen LogP contribution in [0.4, 0.5) is 5.69 Å². The van der Waals surface area contributed by atoms with E-state index < -0.39 is 0 Å². The molecule has 0 N–H and O–H groups in total. The molecule has 0 spiro atoms. The van der Waals surface area contributed by atoms with Gasteiger partial charge in [-0.3, -0.25) is 4.99 Å². The number of hydrogen-bond donors (Lipinski definition) is 0. The lowest BCUT2D eigenvalue weighted by Crippen LogP contribution is -1.96. The van der Waals surface area contributed by atoms with E-state index in [1.54, 1.807) is 0 Å². The minimum Gasteiger partial charge on any atom is -0.494 e. The number of hydrogen-bond acceptors (Lipinski definition) is 3. The van der Waals surface area contributed by atoms with Crippen molar-refractivity contribution in [2.24, 2.45) is 4.99 Å². The van der Waals surface area contributed by atoms with Crippen LogP contribution in [-0.2, 0) is 0 Å². The van der Waals surface area contributed by atoms with Crippen molar-refractivity contribution in [1.29, 1.82) is 0 Å². The molecule has 116 valence electrons. The average Bonchev–Trinajstić information content (AvgIpc) is 2.54. The largest absolute Gasteiger partial charge is 0.494 e. The van der Waals surface area contributed by atoms with Crippen LogP contribution in [0.1, 0.15) is 25.8 Å². The Morgan fingerprint density at radius 3 is 2.45 bits per heavy atom. The van der Waals surface area contributed by atoms with E-state index in [9.17, 15) is 0 Å². The Morgan fingerprint density at radius 1 is 1.05 bits per heavy atom. The Labute approximate surface area is 140 Å². The van der Waals surface area contributed by atoms with E-state index in [1.807, 2.05) is 55.6 Å². The lowest BCUT2D eigenvalue weighted by Gasteiger charge is -2.07. The standard InChI is InChI=1S/C18H20BrNO2/c1-3-11-22-18-10-5-14(12-17(18)19)13-20-15-6-8-16(9-7-15)21-4-2/h5-10,12-13H,3-4,11H2,1-2H3. The third-order valence-electron chi connectivity index (χ3n) is 2.93. The fourth-order valence-electron chi connectivity index (χ4n) is 1.87. The van der Waals surface area contributed by atoms with Crippen LogP contribution in [-0.4, -0.2) is 19.4 Å². The monoisotopic (exact) mass is 361 g/mol. The van der Waals surface area contributed by atoms with E-state index in [0.717, 1.165) is 40.3 Å². The molecule has 0 amide bonds. The number of ether oxygens (including phenoxy) is 2. The molecule has 0 aliphatic rings. The maximum absolute atomic E-state index is 5.63. The molecular formula is C18H20BrNO2. The van der Waals surface area contributed by atoms with Crippen LogP contribution in [0, 0.1) is 0 Å². The van der Waals surface area contributed by atoms with Gasteiger partial charge < -0.3 is 9.47 Å². The van der Waals surface area contributed by atoms with Crippen LogP contribution in [0.15, 0.2) is 51.9 Å². The first kappa shape index (κ1) is 16.6. The van der Waals surface area contributed by atoms with Crippen LogP contribution in [0.3, 0.4) is 0 Å². The van der Waals surface area contributed by atoms with Gasteiger partial charge in [-0.2, -0.15) is 0 Å². The van der Waals surface area contributed by atoms with Gasteiger partial charge in [0.25, 0.3) is 0 Å². The molecule has 2 aromatic carbocycles. The quantitative estimate of drug-likeness (QED) is 0.619.